The lowest BCUT2D eigenvalue weighted by Crippen LogP contribution is -2.46. The summed E-state index contributed by atoms with van der Waals surface area (Å²) in [6, 6.07) is -0.222. The number of hydrogen-bond acceptors (Lipinski definition) is 3. The molecule has 1 aliphatic rings. The van der Waals surface area contributed by atoms with Crippen LogP contribution in [0.4, 0.5) is 0 Å². The van der Waals surface area contributed by atoms with E-state index in [9.17, 15) is 13.2 Å². The molecule has 17 heavy (non-hydrogen) atoms. The van der Waals surface area contributed by atoms with Gasteiger partial charge in [0.25, 0.3) is 10.2 Å². The maximum absolute atomic E-state index is 12.2. The van der Waals surface area contributed by atoms with E-state index in [1.807, 2.05) is 0 Å². The molecule has 0 atom stereocenters. The maximum Gasteiger partial charge on any atom is 0.304 e. The monoisotopic (exact) mass is 264 g/mol. The van der Waals surface area contributed by atoms with Gasteiger partial charge in [-0.1, -0.05) is 0 Å². The predicted octanol–water partition coefficient (Wildman–Crippen LogP) is 0.512. The van der Waals surface area contributed by atoms with Gasteiger partial charge in [0, 0.05) is 25.7 Å². The minimum absolute atomic E-state index is 0.0336. The van der Waals surface area contributed by atoms with E-state index < -0.39 is 16.2 Å². The minimum atomic E-state index is -3.49. The number of carboxylic acids is 1. The number of aliphatic carboxylic acids is 1. The van der Waals surface area contributed by atoms with Crippen molar-refractivity contribution in [1.29, 1.82) is 0 Å². The van der Waals surface area contributed by atoms with Crippen LogP contribution in [0.1, 0.15) is 33.1 Å². The van der Waals surface area contributed by atoms with Crippen LogP contribution in [0.2, 0.25) is 0 Å². The third-order valence-electron chi connectivity index (χ3n) is 2.81. The first kappa shape index (κ1) is 14.4. The van der Waals surface area contributed by atoms with Gasteiger partial charge in [-0.15, -0.1) is 0 Å². The zero-order chi connectivity index (χ0) is 13.1. The second kappa shape index (κ2) is 5.79. The van der Waals surface area contributed by atoms with E-state index in [4.69, 9.17) is 5.11 Å². The standard InChI is InChI=1S/C10H20N2O4S/c1-9(2)12(8-5-10(13)14)17(15,16)11-6-3-4-7-11/h9H,3-8H2,1-2H3,(H,13,14). The van der Waals surface area contributed by atoms with Gasteiger partial charge >= 0.3 is 5.97 Å². The fourth-order valence-electron chi connectivity index (χ4n) is 1.91. The molecule has 0 aromatic rings. The van der Waals surface area contributed by atoms with Crippen LogP contribution >= 0.6 is 0 Å². The first-order valence-electron chi connectivity index (χ1n) is 5.84. The third kappa shape index (κ3) is 3.65. The normalized spacial score (nSPS) is 18.1. The molecule has 0 saturated carbocycles. The van der Waals surface area contributed by atoms with E-state index in [0.29, 0.717) is 13.1 Å². The van der Waals surface area contributed by atoms with Gasteiger partial charge in [-0.3, -0.25) is 4.79 Å². The zero-order valence-corrected chi connectivity index (χ0v) is 11.1. The Balaban J connectivity index is 2.77. The summed E-state index contributed by atoms with van der Waals surface area (Å²) in [5.41, 5.74) is 0. The van der Waals surface area contributed by atoms with Gasteiger partial charge in [-0.2, -0.15) is 17.0 Å². The first-order chi connectivity index (χ1) is 7.85. The largest absolute Gasteiger partial charge is 0.481 e. The van der Waals surface area contributed by atoms with E-state index in [2.05, 4.69) is 0 Å². The van der Waals surface area contributed by atoms with Gasteiger partial charge in [-0.25, -0.2) is 0 Å². The highest BCUT2D eigenvalue weighted by atomic mass is 32.2. The van der Waals surface area contributed by atoms with Crippen LogP contribution in [0.5, 0.6) is 0 Å². The summed E-state index contributed by atoms with van der Waals surface area (Å²) in [4.78, 5) is 10.5. The quantitative estimate of drug-likeness (QED) is 0.758. The molecule has 1 N–H and O–H groups in total. The van der Waals surface area contributed by atoms with Crippen LogP contribution in [0.15, 0.2) is 0 Å². The predicted molar refractivity (Wildman–Crippen MR) is 63.8 cm³/mol. The molecule has 0 spiro atoms. The zero-order valence-electron chi connectivity index (χ0n) is 10.3. The molecule has 0 aliphatic carbocycles. The Kier molecular flexibility index (Phi) is 4.91. The second-order valence-corrected chi connectivity index (χ2v) is 6.34. The van der Waals surface area contributed by atoms with Crippen molar-refractivity contribution in [3.63, 3.8) is 0 Å². The number of hydrogen-bond donors (Lipinski definition) is 1. The van der Waals surface area contributed by atoms with E-state index in [0.717, 1.165) is 12.8 Å². The molecule has 1 saturated heterocycles. The van der Waals surface area contributed by atoms with Crippen molar-refractivity contribution >= 4 is 16.2 Å². The number of carboxylic acid groups (broad SMARTS) is 1. The van der Waals surface area contributed by atoms with E-state index in [1.165, 1.54) is 8.61 Å². The molecule has 1 rings (SSSR count). The second-order valence-electron chi connectivity index (χ2n) is 4.46. The van der Waals surface area contributed by atoms with Crippen molar-refractivity contribution in [2.75, 3.05) is 19.6 Å². The summed E-state index contributed by atoms with van der Waals surface area (Å²) in [5.74, 6) is -0.979. The molecule has 0 aromatic heterocycles. The lowest BCUT2D eigenvalue weighted by atomic mass is 10.3. The molecular formula is C10H20N2O4S. The topological polar surface area (TPSA) is 77.9 Å². The molecule has 1 aliphatic heterocycles. The summed E-state index contributed by atoms with van der Waals surface area (Å²) < 4.78 is 27.2. The van der Waals surface area contributed by atoms with E-state index in [1.54, 1.807) is 13.8 Å². The Hall–Kier alpha value is -0.660. The van der Waals surface area contributed by atoms with Gasteiger partial charge in [0.15, 0.2) is 0 Å². The van der Waals surface area contributed by atoms with Gasteiger partial charge in [0.05, 0.1) is 6.42 Å². The van der Waals surface area contributed by atoms with Crippen molar-refractivity contribution < 1.29 is 18.3 Å². The third-order valence-corrected chi connectivity index (χ3v) is 5.02. The molecule has 100 valence electrons. The van der Waals surface area contributed by atoms with Crippen molar-refractivity contribution in [3.8, 4) is 0 Å². The molecule has 7 heteroatoms. The van der Waals surface area contributed by atoms with Crippen molar-refractivity contribution in [2.45, 2.75) is 39.2 Å². The fraction of sp³-hybridized carbons (Fsp3) is 0.900. The van der Waals surface area contributed by atoms with Crippen LogP contribution in [0.25, 0.3) is 0 Å². The Morgan fingerprint density at radius 2 is 1.88 bits per heavy atom. The highest BCUT2D eigenvalue weighted by Gasteiger charge is 2.33. The van der Waals surface area contributed by atoms with Gasteiger partial charge < -0.3 is 5.11 Å². The first-order valence-corrected chi connectivity index (χ1v) is 7.24. The maximum atomic E-state index is 12.2. The van der Waals surface area contributed by atoms with E-state index >= 15 is 0 Å². The molecule has 1 heterocycles. The average molecular weight is 264 g/mol. The fourth-order valence-corrected chi connectivity index (χ4v) is 3.78. The van der Waals surface area contributed by atoms with Gasteiger partial charge in [0.2, 0.25) is 0 Å². The summed E-state index contributed by atoms with van der Waals surface area (Å²) in [6.07, 6.45) is 1.60. The smallest absolute Gasteiger partial charge is 0.304 e. The summed E-state index contributed by atoms with van der Waals surface area (Å²) >= 11 is 0. The molecule has 0 unspecified atom stereocenters. The highest BCUT2D eigenvalue weighted by molar-refractivity contribution is 7.86. The SMILES string of the molecule is CC(C)N(CCC(=O)O)S(=O)(=O)N1CCCC1. The molecule has 1 fully saturated rings. The lowest BCUT2D eigenvalue weighted by molar-refractivity contribution is -0.137. The van der Waals surface area contributed by atoms with Crippen molar-refractivity contribution in [1.82, 2.24) is 8.61 Å². The van der Waals surface area contributed by atoms with Crippen LogP contribution in [-0.2, 0) is 15.0 Å². The van der Waals surface area contributed by atoms with Crippen LogP contribution < -0.4 is 0 Å². The number of carbonyl (C=O) groups is 1. The van der Waals surface area contributed by atoms with Gasteiger partial charge in [-0.05, 0) is 26.7 Å². The molecule has 0 bridgehead atoms. The molecule has 0 amide bonds. The summed E-state index contributed by atoms with van der Waals surface area (Å²) in [5, 5.41) is 8.64. The number of rotatable bonds is 6. The Labute approximate surface area is 102 Å². The minimum Gasteiger partial charge on any atom is -0.481 e. The molecule has 0 radical (unpaired) electrons. The lowest BCUT2D eigenvalue weighted by Gasteiger charge is -2.29. The molecule has 0 aromatic carbocycles. The summed E-state index contributed by atoms with van der Waals surface area (Å²) in [7, 11) is -3.49. The Morgan fingerprint density at radius 3 is 2.29 bits per heavy atom. The summed E-state index contributed by atoms with van der Waals surface area (Å²) in [6.45, 7) is 4.63. The highest BCUT2D eigenvalue weighted by Crippen LogP contribution is 2.18. The molecular weight excluding hydrogens is 244 g/mol. The van der Waals surface area contributed by atoms with Crippen LogP contribution in [0, 0.1) is 0 Å². The van der Waals surface area contributed by atoms with E-state index in [-0.39, 0.29) is 19.0 Å². The Bertz CT molecular complexity index is 361. The Morgan fingerprint density at radius 1 is 1.35 bits per heavy atom. The average Bonchev–Trinajstić information content (AvgIpc) is 2.69. The van der Waals surface area contributed by atoms with Crippen LogP contribution in [-0.4, -0.2) is 53.8 Å². The van der Waals surface area contributed by atoms with Crippen molar-refractivity contribution in [2.24, 2.45) is 0 Å². The molecule has 6 nitrogen and oxygen atoms in total. The van der Waals surface area contributed by atoms with Crippen molar-refractivity contribution in [3.05, 3.63) is 0 Å². The van der Waals surface area contributed by atoms with Gasteiger partial charge in [0.1, 0.15) is 0 Å². The number of nitrogens with zero attached hydrogens (tertiary/aromatic N) is 2. The van der Waals surface area contributed by atoms with Crippen LogP contribution in [0.3, 0.4) is 0 Å².